The fourth-order valence-electron chi connectivity index (χ4n) is 4.37. The van der Waals surface area contributed by atoms with E-state index >= 15 is 0 Å². The quantitative estimate of drug-likeness (QED) is 0.783. The zero-order chi connectivity index (χ0) is 18.6. The Bertz CT molecular complexity index is 642. The molecule has 0 bridgehead atoms. The van der Waals surface area contributed by atoms with Gasteiger partial charge in [0.15, 0.2) is 0 Å². The Morgan fingerprint density at radius 1 is 1.27 bits per heavy atom. The zero-order valence-corrected chi connectivity index (χ0v) is 16.2. The molecular formula is C20H32N4O2. The van der Waals surface area contributed by atoms with Gasteiger partial charge in [-0.15, -0.1) is 0 Å². The molecule has 2 saturated heterocycles. The van der Waals surface area contributed by atoms with Crippen molar-refractivity contribution in [3.05, 3.63) is 18.0 Å². The molecule has 6 nitrogen and oxygen atoms in total. The molecule has 144 valence electrons. The number of hydrogen-bond donors (Lipinski definition) is 0. The van der Waals surface area contributed by atoms with Gasteiger partial charge in [0.25, 0.3) is 0 Å². The monoisotopic (exact) mass is 360 g/mol. The van der Waals surface area contributed by atoms with Crippen LogP contribution in [0.5, 0.6) is 0 Å². The van der Waals surface area contributed by atoms with E-state index in [2.05, 4.69) is 12.0 Å². The summed E-state index contributed by atoms with van der Waals surface area (Å²) in [4.78, 5) is 29.0. The number of piperidine rings is 2. The van der Waals surface area contributed by atoms with Crippen LogP contribution in [-0.2, 0) is 16.1 Å². The Kier molecular flexibility index (Phi) is 5.99. The Morgan fingerprint density at radius 3 is 2.85 bits per heavy atom. The van der Waals surface area contributed by atoms with Crippen LogP contribution in [0.4, 0.5) is 0 Å². The fourth-order valence-corrected chi connectivity index (χ4v) is 4.37. The molecule has 2 aliphatic rings. The molecule has 3 rings (SSSR count). The highest BCUT2D eigenvalue weighted by atomic mass is 16.2. The molecule has 2 amide bonds. The standard InChI is InChI=1S/C20H32N4O2/c1-3-4-10-22-15-20(9-6-18(22)25)8-5-11-23(16-20)19(26)7-12-24-14-17(2)13-21-24/h13-14H,3-12,15-16H2,1-2H3. The van der Waals surface area contributed by atoms with E-state index in [0.717, 1.165) is 63.8 Å². The van der Waals surface area contributed by atoms with Crippen LogP contribution in [0.2, 0.25) is 0 Å². The summed E-state index contributed by atoms with van der Waals surface area (Å²) >= 11 is 0. The highest BCUT2D eigenvalue weighted by Gasteiger charge is 2.42. The van der Waals surface area contributed by atoms with Crippen molar-refractivity contribution in [1.29, 1.82) is 0 Å². The maximum atomic E-state index is 12.7. The van der Waals surface area contributed by atoms with Crippen molar-refractivity contribution >= 4 is 11.8 Å². The summed E-state index contributed by atoms with van der Waals surface area (Å²) in [6.45, 7) is 8.15. The number of amides is 2. The zero-order valence-electron chi connectivity index (χ0n) is 16.2. The number of hydrogen-bond acceptors (Lipinski definition) is 3. The first-order valence-corrected chi connectivity index (χ1v) is 10.1. The molecule has 1 aromatic heterocycles. The van der Waals surface area contributed by atoms with E-state index in [4.69, 9.17) is 0 Å². The number of rotatable bonds is 6. The van der Waals surface area contributed by atoms with Gasteiger partial charge in [0, 0.05) is 57.2 Å². The molecule has 2 fully saturated rings. The molecule has 0 aliphatic carbocycles. The van der Waals surface area contributed by atoms with Gasteiger partial charge in [0.05, 0.1) is 6.20 Å². The topological polar surface area (TPSA) is 58.4 Å². The van der Waals surface area contributed by atoms with Gasteiger partial charge >= 0.3 is 0 Å². The number of unbranched alkanes of at least 4 members (excludes halogenated alkanes) is 1. The predicted octanol–water partition coefficient (Wildman–Crippen LogP) is 2.61. The van der Waals surface area contributed by atoms with Crippen molar-refractivity contribution in [2.75, 3.05) is 26.2 Å². The van der Waals surface area contributed by atoms with Gasteiger partial charge in [-0.2, -0.15) is 5.10 Å². The van der Waals surface area contributed by atoms with Gasteiger partial charge in [-0.25, -0.2) is 0 Å². The second kappa shape index (κ2) is 8.23. The van der Waals surface area contributed by atoms with Crippen LogP contribution < -0.4 is 0 Å². The fraction of sp³-hybridized carbons (Fsp3) is 0.750. The van der Waals surface area contributed by atoms with Crippen LogP contribution in [-0.4, -0.2) is 57.6 Å². The van der Waals surface area contributed by atoms with Crippen LogP contribution in [0.25, 0.3) is 0 Å². The Morgan fingerprint density at radius 2 is 2.12 bits per heavy atom. The molecule has 2 aliphatic heterocycles. The van der Waals surface area contributed by atoms with Crippen LogP contribution >= 0.6 is 0 Å². The summed E-state index contributed by atoms with van der Waals surface area (Å²) in [5.41, 5.74) is 1.23. The van der Waals surface area contributed by atoms with Crippen molar-refractivity contribution in [2.24, 2.45) is 5.41 Å². The lowest BCUT2D eigenvalue weighted by molar-refractivity contribution is -0.143. The molecule has 1 unspecified atom stereocenters. The first-order chi connectivity index (χ1) is 12.5. The number of nitrogens with zero attached hydrogens (tertiary/aromatic N) is 4. The largest absolute Gasteiger partial charge is 0.342 e. The summed E-state index contributed by atoms with van der Waals surface area (Å²) in [7, 11) is 0. The van der Waals surface area contributed by atoms with Crippen molar-refractivity contribution in [1.82, 2.24) is 19.6 Å². The van der Waals surface area contributed by atoms with E-state index in [-0.39, 0.29) is 11.3 Å². The summed E-state index contributed by atoms with van der Waals surface area (Å²) in [6.07, 6.45) is 10.2. The first kappa shape index (κ1) is 18.9. The van der Waals surface area contributed by atoms with E-state index in [9.17, 15) is 9.59 Å². The molecule has 1 atom stereocenters. The minimum absolute atomic E-state index is 0.109. The molecule has 0 radical (unpaired) electrons. The first-order valence-electron chi connectivity index (χ1n) is 10.1. The van der Waals surface area contributed by atoms with E-state index in [0.29, 0.717) is 25.3 Å². The third-order valence-corrected chi connectivity index (χ3v) is 5.86. The molecule has 0 saturated carbocycles. The molecular weight excluding hydrogens is 328 g/mol. The van der Waals surface area contributed by atoms with E-state index < -0.39 is 0 Å². The smallest absolute Gasteiger partial charge is 0.224 e. The molecule has 1 spiro atoms. The van der Waals surface area contributed by atoms with Gasteiger partial charge in [0.2, 0.25) is 11.8 Å². The second-order valence-corrected chi connectivity index (χ2v) is 8.12. The molecule has 0 aromatic carbocycles. The minimum atomic E-state index is 0.109. The van der Waals surface area contributed by atoms with Crippen molar-refractivity contribution in [3.8, 4) is 0 Å². The molecule has 0 N–H and O–H groups in total. The summed E-state index contributed by atoms with van der Waals surface area (Å²) in [5.74, 6) is 0.510. The van der Waals surface area contributed by atoms with Crippen molar-refractivity contribution in [3.63, 3.8) is 0 Å². The Hall–Kier alpha value is -1.85. The van der Waals surface area contributed by atoms with E-state index in [1.165, 1.54) is 0 Å². The normalized spacial score (nSPS) is 23.7. The van der Waals surface area contributed by atoms with Crippen molar-refractivity contribution < 1.29 is 9.59 Å². The average Bonchev–Trinajstić information content (AvgIpc) is 3.06. The highest BCUT2D eigenvalue weighted by Crippen LogP contribution is 2.39. The lowest BCUT2D eigenvalue weighted by atomic mass is 9.73. The number of carbonyl (C=O) groups is 2. The summed E-state index contributed by atoms with van der Waals surface area (Å²) in [5, 5.41) is 4.26. The molecule has 6 heteroatoms. The van der Waals surface area contributed by atoms with Crippen LogP contribution in [0.3, 0.4) is 0 Å². The Balaban J connectivity index is 1.57. The predicted molar refractivity (Wildman–Crippen MR) is 101 cm³/mol. The molecule has 1 aromatic rings. The van der Waals surface area contributed by atoms with Gasteiger partial charge < -0.3 is 9.80 Å². The highest BCUT2D eigenvalue weighted by molar-refractivity contribution is 5.78. The Labute approximate surface area is 156 Å². The van der Waals surface area contributed by atoms with Crippen LogP contribution in [0.1, 0.15) is 57.4 Å². The van der Waals surface area contributed by atoms with Crippen molar-refractivity contribution in [2.45, 2.75) is 65.3 Å². The number of aryl methyl sites for hydroxylation is 2. The van der Waals surface area contributed by atoms with Crippen LogP contribution in [0, 0.1) is 12.3 Å². The maximum Gasteiger partial charge on any atom is 0.224 e. The van der Waals surface area contributed by atoms with E-state index in [1.54, 1.807) is 0 Å². The molecule has 3 heterocycles. The summed E-state index contributed by atoms with van der Waals surface area (Å²) in [6, 6.07) is 0. The number of likely N-dealkylation sites (tertiary alicyclic amines) is 2. The van der Waals surface area contributed by atoms with E-state index in [1.807, 2.05) is 33.8 Å². The number of carbonyl (C=O) groups excluding carboxylic acids is 2. The summed E-state index contributed by atoms with van der Waals surface area (Å²) < 4.78 is 1.85. The van der Waals surface area contributed by atoms with Gasteiger partial charge in [-0.1, -0.05) is 13.3 Å². The third-order valence-electron chi connectivity index (χ3n) is 5.86. The lowest BCUT2D eigenvalue weighted by Crippen LogP contribution is -2.55. The lowest BCUT2D eigenvalue weighted by Gasteiger charge is -2.48. The third kappa shape index (κ3) is 4.46. The second-order valence-electron chi connectivity index (χ2n) is 8.12. The SMILES string of the molecule is CCCCN1CC2(CCCN(C(=O)CCn3cc(C)cn3)C2)CCC1=O. The van der Waals surface area contributed by atoms with Gasteiger partial charge in [0.1, 0.15) is 0 Å². The number of aromatic nitrogens is 2. The van der Waals surface area contributed by atoms with Gasteiger partial charge in [-0.05, 0) is 38.2 Å². The average molecular weight is 361 g/mol. The van der Waals surface area contributed by atoms with Gasteiger partial charge in [-0.3, -0.25) is 14.3 Å². The minimum Gasteiger partial charge on any atom is -0.342 e. The van der Waals surface area contributed by atoms with Crippen LogP contribution in [0.15, 0.2) is 12.4 Å². The maximum absolute atomic E-state index is 12.7. The molecule has 26 heavy (non-hydrogen) atoms.